The Morgan fingerprint density at radius 3 is 3.06 bits per heavy atom. The number of rotatable bonds is 3. The molecule has 1 N–H and O–H groups in total. The van der Waals surface area contributed by atoms with E-state index in [0.29, 0.717) is 13.2 Å². The highest BCUT2D eigenvalue weighted by Gasteiger charge is 2.23. The van der Waals surface area contributed by atoms with Gasteiger partial charge in [-0.05, 0) is 13.3 Å². The summed E-state index contributed by atoms with van der Waals surface area (Å²) in [5.74, 6) is 1.68. The number of morpholine rings is 1. The van der Waals surface area contributed by atoms with Crippen molar-refractivity contribution in [2.75, 3.05) is 31.3 Å². The number of hydrogen-bond donors (Lipinski definition) is 1. The number of aromatic nitrogens is 2. The van der Waals surface area contributed by atoms with Gasteiger partial charge in [0.25, 0.3) is 0 Å². The van der Waals surface area contributed by atoms with Crippen LogP contribution in [0.5, 0.6) is 0 Å². The van der Waals surface area contributed by atoms with Gasteiger partial charge in [-0.15, -0.1) is 0 Å². The molecule has 1 unspecified atom stereocenters. The summed E-state index contributed by atoms with van der Waals surface area (Å²) < 4.78 is 5.37. The van der Waals surface area contributed by atoms with Crippen molar-refractivity contribution >= 4 is 5.82 Å². The van der Waals surface area contributed by atoms with Gasteiger partial charge >= 0.3 is 0 Å². The Morgan fingerprint density at radius 2 is 2.35 bits per heavy atom. The molecule has 0 saturated carbocycles. The molecule has 1 aliphatic rings. The van der Waals surface area contributed by atoms with Gasteiger partial charge in [-0.25, -0.2) is 9.97 Å². The number of aliphatic hydroxyl groups is 1. The SMILES string of the molecule is CCc1cc(N2CCOCC2CO)nc(C)n1. The molecule has 5 heteroatoms. The Bertz CT molecular complexity index is 384. The molecule has 1 fully saturated rings. The summed E-state index contributed by atoms with van der Waals surface area (Å²) in [4.78, 5) is 10.9. The van der Waals surface area contributed by atoms with Crippen molar-refractivity contribution in [3.8, 4) is 0 Å². The van der Waals surface area contributed by atoms with E-state index in [4.69, 9.17) is 4.74 Å². The molecule has 0 bridgehead atoms. The van der Waals surface area contributed by atoms with Crippen LogP contribution in [0, 0.1) is 6.92 Å². The third-order valence-electron chi connectivity index (χ3n) is 2.97. The quantitative estimate of drug-likeness (QED) is 0.831. The maximum atomic E-state index is 9.35. The van der Waals surface area contributed by atoms with Gasteiger partial charge in [0.1, 0.15) is 11.6 Å². The van der Waals surface area contributed by atoms with Gasteiger partial charge in [0.05, 0.1) is 25.9 Å². The van der Waals surface area contributed by atoms with Crippen molar-refractivity contribution in [2.24, 2.45) is 0 Å². The van der Waals surface area contributed by atoms with Crippen LogP contribution in [-0.2, 0) is 11.2 Å². The highest BCUT2D eigenvalue weighted by Crippen LogP contribution is 2.18. The second-order valence-corrected chi connectivity index (χ2v) is 4.22. The number of aliphatic hydroxyl groups excluding tert-OH is 1. The number of hydrogen-bond acceptors (Lipinski definition) is 5. The normalized spacial score (nSPS) is 20.6. The molecule has 0 aromatic carbocycles. The average Bonchev–Trinajstić information content (AvgIpc) is 2.37. The first-order valence-electron chi connectivity index (χ1n) is 6.04. The molecule has 1 saturated heterocycles. The average molecular weight is 237 g/mol. The summed E-state index contributed by atoms with van der Waals surface area (Å²) in [7, 11) is 0. The van der Waals surface area contributed by atoms with Gasteiger partial charge in [-0.1, -0.05) is 6.92 Å². The molecule has 5 nitrogen and oxygen atoms in total. The summed E-state index contributed by atoms with van der Waals surface area (Å²) in [5.41, 5.74) is 1.04. The molecule has 17 heavy (non-hydrogen) atoms. The van der Waals surface area contributed by atoms with Crippen molar-refractivity contribution in [3.63, 3.8) is 0 Å². The zero-order chi connectivity index (χ0) is 12.3. The predicted octanol–water partition coefficient (Wildman–Crippen LogP) is 0.545. The highest BCUT2D eigenvalue weighted by molar-refractivity contribution is 5.41. The van der Waals surface area contributed by atoms with Gasteiger partial charge in [0.15, 0.2) is 0 Å². The molecular formula is C12H19N3O2. The van der Waals surface area contributed by atoms with E-state index in [-0.39, 0.29) is 12.6 Å². The lowest BCUT2D eigenvalue weighted by Gasteiger charge is -2.35. The molecule has 1 atom stereocenters. The van der Waals surface area contributed by atoms with Crippen LogP contribution in [-0.4, -0.2) is 47.5 Å². The van der Waals surface area contributed by atoms with E-state index in [9.17, 15) is 5.11 Å². The summed E-state index contributed by atoms with van der Waals surface area (Å²) in [5, 5.41) is 9.35. The maximum Gasteiger partial charge on any atom is 0.133 e. The van der Waals surface area contributed by atoms with E-state index in [1.165, 1.54) is 0 Å². The third-order valence-corrected chi connectivity index (χ3v) is 2.97. The van der Waals surface area contributed by atoms with Crippen molar-refractivity contribution < 1.29 is 9.84 Å². The lowest BCUT2D eigenvalue weighted by molar-refractivity contribution is 0.0722. The molecule has 1 aromatic heterocycles. The van der Waals surface area contributed by atoms with E-state index >= 15 is 0 Å². The highest BCUT2D eigenvalue weighted by atomic mass is 16.5. The second-order valence-electron chi connectivity index (χ2n) is 4.22. The lowest BCUT2D eigenvalue weighted by Crippen LogP contribution is -2.48. The van der Waals surface area contributed by atoms with Crippen molar-refractivity contribution in [1.82, 2.24) is 9.97 Å². The third kappa shape index (κ3) is 2.73. The second kappa shape index (κ2) is 5.42. The van der Waals surface area contributed by atoms with Crippen molar-refractivity contribution in [2.45, 2.75) is 26.3 Å². The lowest BCUT2D eigenvalue weighted by atomic mass is 10.2. The van der Waals surface area contributed by atoms with Gasteiger partial charge in [-0.2, -0.15) is 0 Å². The van der Waals surface area contributed by atoms with Gasteiger partial charge in [0.2, 0.25) is 0 Å². The van der Waals surface area contributed by atoms with E-state index in [1.54, 1.807) is 0 Å². The first-order valence-corrected chi connectivity index (χ1v) is 6.04. The van der Waals surface area contributed by atoms with Crippen LogP contribution in [0.3, 0.4) is 0 Å². The summed E-state index contributed by atoms with van der Waals surface area (Å²) >= 11 is 0. The van der Waals surface area contributed by atoms with Crippen LogP contribution in [0.2, 0.25) is 0 Å². The minimum Gasteiger partial charge on any atom is -0.394 e. The molecule has 1 aliphatic heterocycles. The van der Waals surface area contributed by atoms with Crippen LogP contribution in [0.4, 0.5) is 5.82 Å². The molecule has 0 spiro atoms. The van der Waals surface area contributed by atoms with E-state index < -0.39 is 0 Å². The number of aryl methyl sites for hydroxylation is 2. The van der Waals surface area contributed by atoms with Crippen LogP contribution in [0.15, 0.2) is 6.07 Å². The molecule has 2 rings (SSSR count). The summed E-state index contributed by atoms with van der Waals surface area (Å²) in [6.45, 7) is 6.07. The zero-order valence-corrected chi connectivity index (χ0v) is 10.4. The van der Waals surface area contributed by atoms with Gasteiger partial charge in [0, 0.05) is 18.3 Å². The van der Waals surface area contributed by atoms with E-state index in [0.717, 1.165) is 30.3 Å². The first-order chi connectivity index (χ1) is 8.24. The van der Waals surface area contributed by atoms with Crippen molar-refractivity contribution in [3.05, 3.63) is 17.6 Å². The van der Waals surface area contributed by atoms with Gasteiger partial charge < -0.3 is 14.7 Å². The molecule has 94 valence electrons. The van der Waals surface area contributed by atoms with E-state index in [2.05, 4.69) is 21.8 Å². The minimum absolute atomic E-state index is 0.00255. The molecule has 0 radical (unpaired) electrons. The Hall–Kier alpha value is -1.20. The fraction of sp³-hybridized carbons (Fsp3) is 0.667. The summed E-state index contributed by atoms with van der Waals surface area (Å²) in [6, 6.07) is 2.00. The molecule has 2 heterocycles. The number of nitrogens with zero attached hydrogens (tertiary/aromatic N) is 3. The molecule has 0 aliphatic carbocycles. The monoisotopic (exact) mass is 237 g/mol. The van der Waals surface area contributed by atoms with Crippen LogP contribution in [0.25, 0.3) is 0 Å². The molecule has 0 amide bonds. The number of ether oxygens (including phenoxy) is 1. The zero-order valence-electron chi connectivity index (χ0n) is 10.4. The maximum absolute atomic E-state index is 9.35. The van der Waals surface area contributed by atoms with Crippen molar-refractivity contribution in [1.29, 1.82) is 0 Å². The van der Waals surface area contributed by atoms with Crippen LogP contribution < -0.4 is 4.90 Å². The first kappa shape index (κ1) is 12.3. The fourth-order valence-corrected chi connectivity index (χ4v) is 2.05. The Morgan fingerprint density at radius 1 is 1.53 bits per heavy atom. The smallest absolute Gasteiger partial charge is 0.133 e. The van der Waals surface area contributed by atoms with E-state index in [1.807, 2.05) is 13.0 Å². The topological polar surface area (TPSA) is 58.5 Å². The molecule has 1 aromatic rings. The standard InChI is InChI=1S/C12H19N3O2/c1-3-10-6-12(14-9(2)13-10)15-4-5-17-8-11(15)7-16/h6,11,16H,3-5,7-8H2,1-2H3. The minimum atomic E-state index is 0.00255. The summed E-state index contributed by atoms with van der Waals surface area (Å²) in [6.07, 6.45) is 0.893. The Labute approximate surface area is 101 Å². The number of anilines is 1. The van der Waals surface area contributed by atoms with Crippen LogP contribution >= 0.6 is 0 Å². The predicted molar refractivity (Wildman–Crippen MR) is 65.2 cm³/mol. The van der Waals surface area contributed by atoms with Crippen LogP contribution in [0.1, 0.15) is 18.4 Å². The Kier molecular flexibility index (Phi) is 3.91. The molecular weight excluding hydrogens is 218 g/mol. The Balaban J connectivity index is 2.27. The largest absolute Gasteiger partial charge is 0.394 e. The fourth-order valence-electron chi connectivity index (χ4n) is 2.05. The van der Waals surface area contributed by atoms with Gasteiger partial charge in [-0.3, -0.25) is 0 Å².